The summed E-state index contributed by atoms with van der Waals surface area (Å²) >= 11 is 1.63. The Morgan fingerprint density at radius 3 is 2.40 bits per heavy atom. The normalized spacial score (nSPS) is 12.8. The van der Waals surface area contributed by atoms with Gasteiger partial charge in [0.05, 0.1) is 6.04 Å². The van der Waals surface area contributed by atoms with E-state index in [9.17, 15) is 8.78 Å². The fourth-order valence-corrected chi connectivity index (χ4v) is 3.05. The molecular weight excluding hydrogens is 278 g/mol. The Kier molecular flexibility index (Phi) is 5.23. The molecule has 0 aliphatic carbocycles. The van der Waals surface area contributed by atoms with Gasteiger partial charge in [0.1, 0.15) is 11.6 Å². The lowest BCUT2D eigenvalue weighted by atomic mass is 10.0. The first-order chi connectivity index (χ1) is 9.67. The smallest absolute Gasteiger partial charge is 0.130 e. The van der Waals surface area contributed by atoms with Crippen molar-refractivity contribution >= 4 is 11.3 Å². The molecule has 0 aliphatic rings. The predicted molar refractivity (Wildman–Crippen MR) is 78.6 cm³/mol. The maximum atomic E-state index is 13.9. The van der Waals surface area contributed by atoms with E-state index in [1.807, 2.05) is 29.3 Å². The molecule has 2 rings (SSSR count). The molecule has 1 unspecified atom stereocenters. The van der Waals surface area contributed by atoms with Crippen LogP contribution < -0.4 is 5.73 Å². The van der Waals surface area contributed by atoms with E-state index in [1.54, 1.807) is 11.3 Å². The van der Waals surface area contributed by atoms with Crippen molar-refractivity contribution in [3.05, 3.63) is 57.8 Å². The minimum absolute atomic E-state index is 0.0633. The highest BCUT2D eigenvalue weighted by atomic mass is 32.1. The highest BCUT2D eigenvalue weighted by molar-refractivity contribution is 7.09. The molecule has 0 amide bonds. The van der Waals surface area contributed by atoms with Crippen LogP contribution in [0.3, 0.4) is 0 Å². The molecule has 2 N–H and O–H groups in total. The molecule has 0 fully saturated rings. The summed E-state index contributed by atoms with van der Waals surface area (Å²) in [6, 6.07) is 7.45. The number of thiophene rings is 1. The standard InChI is InChI=1S/C15H18F2N2S/c1-2-19(10-11-5-4-8-20-11)14(9-18)15-12(16)6-3-7-13(15)17/h3-8,14H,2,9-10,18H2,1H3. The van der Waals surface area contributed by atoms with Gasteiger partial charge in [-0.2, -0.15) is 0 Å². The third kappa shape index (κ3) is 3.23. The third-order valence-electron chi connectivity index (χ3n) is 3.34. The number of nitrogens with two attached hydrogens (primary N) is 1. The van der Waals surface area contributed by atoms with Crippen molar-refractivity contribution in [1.29, 1.82) is 0 Å². The number of hydrogen-bond donors (Lipinski definition) is 1. The van der Waals surface area contributed by atoms with E-state index in [-0.39, 0.29) is 12.1 Å². The van der Waals surface area contributed by atoms with E-state index in [2.05, 4.69) is 0 Å². The average molecular weight is 296 g/mol. The van der Waals surface area contributed by atoms with Gasteiger partial charge >= 0.3 is 0 Å². The topological polar surface area (TPSA) is 29.3 Å². The van der Waals surface area contributed by atoms with Crippen molar-refractivity contribution < 1.29 is 8.78 Å². The summed E-state index contributed by atoms with van der Waals surface area (Å²) in [4.78, 5) is 3.15. The largest absolute Gasteiger partial charge is 0.329 e. The van der Waals surface area contributed by atoms with Gasteiger partial charge in [0, 0.05) is 23.5 Å². The zero-order valence-electron chi connectivity index (χ0n) is 11.4. The molecule has 1 atom stereocenters. The third-order valence-corrected chi connectivity index (χ3v) is 4.20. The van der Waals surface area contributed by atoms with Gasteiger partial charge in [0.25, 0.3) is 0 Å². The number of nitrogens with zero attached hydrogens (tertiary/aromatic N) is 1. The Morgan fingerprint density at radius 2 is 1.90 bits per heavy atom. The first-order valence-corrected chi connectivity index (χ1v) is 7.45. The van der Waals surface area contributed by atoms with Crippen LogP contribution >= 0.6 is 11.3 Å². The molecule has 108 valence electrons. The SMILES string of the molecule is CCN(Cc1cccs1)C(CN)c1c(F)cccc1F. The van der Waals surface area contributed by atoms with Crippen LogP contribution in [-0.2, 0) is 6.54 Å². The van der Waals surface area contributed by atoms with E-state index >= 15 is 0 Å². The quantitative estimate of drug-likeness (QED) is 0.883. The molecule has 2 nitrogen and oxygen atoms in total. The first kappa shape index (κ1) is 15.1. The fraction of sp³-hybridized carbons (Fsp3) is 0.333. The Bertz CT molecular complexity index is 523. The summed E-state index contributed by atoms with van der Waals surface area (Å²) in [5.41, 5.74) is 5.84. The van der Waals surface area contributed by atoms with Crippen LogP contribution in [0.5, 0.6) is 0 Å². The van der Waals surface area contributed by atoms with Crippen LogP contribution in [0.25, 0.3) is 0 Å². The van der Waals surface area contributed by atoms with E-state index in [1.165, 1.54) is 18.2 Å². The summed E-state index contributed by atoms with van der Waals surface area (Å²) in [6.45, 7) is 3.46. The van der Waals surface area contributed by atoms with Crippen LogP contribution in [0, 0.1) is 11.6 Å². The highest BCUT2D eigenvalue weighted by Gasteiger charge is 2.24. The van der Waals surface area contributed by atoms with E-state index in [4.69, 9.17) is 5.73 Å². The monoisotopic (exact) mass is 296 g/mol. The van der Waals surface area contributed by atoms with Crippen molar-refractivity contribution in [2.45, 2.75) is 19.5 Å². The first-order valence-electron chi connectivity index (χ1n) is 6.57. The van der Waals surface area contributed by atoms with Gasteiger partial charge in [-0.3, -0.25) is 4.90 Å². The summed E-state index contributed by atoms with van der Waals surface area (Å²) in [5, 5.41) is 1.99. The molecule has 5 heteroatoms. The molecule has 2 aromatic rings. The molecule has 1 heterocycles. The maximum absolute atomic E-state index is 13.9. The Morgan fingerprint density at radius 1 is 1.20 bits per heavy atom. The lowest BCUT2D eigenvalue weighted by Gasteiger charge is -2.30. The summed E-state index contributed by atoms with van der Waals surface area (Å²) in [5.74, 6) is -1.07. The van der Waals surface area contributed by atoms with Crippen LogP contribution in [0.2, 0.25) is 0 Å². The van der Waals surface area contributed by atoms with Crippen molar-refractivity contribution in [2.24, 2.45) is 5.73 Å². The van der Waals surface area contributed by atoms with Crippen LogP contribution in [0.15, 0.2) is 35.7 Å². The Hall–Kier alpha value is -1.30. The fourth-order valence-electron chi connectivity index (χ4n) is 2.32. The lowest BCUT2D eigenvalue weighted by Crippen LogP contribution is -2.34. The molecule has 1 aromatic heterocycles. The second kappa shape index (κ2) is 6.92. The molecule has 20 heavy (non-hydrogen) atoms. The van der Waals surface area contributed by atoms with Crippen molar-refractivity contribution in [1.82, 2.24) is 4.90 Å². The van der Waals surface area contributed by atoms with Gasteiger partial charge in [-0.25, -0.2) is 8.78 Å². The van der Waals surface area contributed by atoms with Gasteiger partial charge in [-0.05, 0) is 30.1 Å². The van der Waals surface area contributed by atoms with Gasteiger partial charge < -0.3 is 5.73 Å². The molecule has 0 aliphatic heterocycles. The molecule has 0 saturated carbocycles. The molecule has 0 bridgehead atoms. The van der Waals surface area contributed by atoms with Crippen LogP contribution in [-0.4, -0.2) is 18.0 Å². The van der Waals surface area contributed by atoms with Crippen molar-refractivity contribution in [3.8, 4) is 0 Å². The number of likely N-dealkylation sites (N-methyl/N-ethyl adjacent to an activating group) is 1. The number of hydrogen-bond acceptors (Lipinski definition) is 3. The summed E-state index contributed by atoms with van der Waals surface area (Å²) < 4.78 is 27.9. The number of halogens is 2. The van der Waals surface area contributed by atoms with Crippen LogP contribution in [0.1, 0.15) is 23.4 Å². The molecular formula is C15H18F2N2S. The van der Waals surface area contributed by atoms with Gasteiger partial charge in [0.2, 0.25) is 0 Å². The second-order valence-corrected chi connectivity index (χ2v) is 5.56. The molecule has 1 aromatic carbocycles. The van der Waals surface area contributed by atoms with Crippen LogP contribution in [0.4, 0.5) is 8.78 Å². The minimum atomic E-state index is -0.537. The van der Waals surface area contributed by atoms with Gasteiger partial charge in [0.15, 0.2) is 0 Å². The lowest BCUT2D eigenvalue weighted by molar-refractivity contribution is 0.197. The summed E-state index contributed by atoms with van der Waals surface area (Å²) in [6.07, 6.45) is 0. The molecule has 0 saturated heterocycles. The minimum Gasteiger partial charge on any atom is -0.329 e. The molecule has 0 spiro atoms. The zero-order chi connectivity index (χ0) is 14.5. The maximum Gasteiger partial charge on any atom is 0.130 e. The van der Waals surface area contributed by atoms with Crippen molar-refractivity contribution in [3.63, 3.8) is 0 Å². The summed E-state index contributed by atoms with van der Waals surface area (Å²) in [7, 11) is 0. The van der Waals surface area contributed by atoms with E-state index < -0.39 is 17.7 Å². The van der Waals surface area contributed by atoms with E-state index in [0.29, 0.717) is 13.1 Å². The second-order valence-electron chi connectivity index (χ2n) is 4.53. The number of benzene rings is 1. The Balaban J connectivity index is 2.29. The van der Waals surface area contributed by atoms with E-state index in [0.717, 1.165) is 4.88 Å². The van der Waals surface area contributed by atoms with Gasteiger partial charge in [-0.15, -0.1) is 11.3 Å². The van der Waals surface area contributed by atoms with Gasteiger partial charge in [-0.1, -0.05) is 19.1 Å². The predicted octanol–water partition coefficient (Wildman–Crippen LogP) is 3.55. The number of rotatable bonds is 6. The zero-order valence-corrected chi connectivity index (χ0v) is 12.2. The molecule has 0 radical (unpaired) electrons. The highest BCUT2D eigenvalue weighted by Crippen LogP contribution is 2.27. The average Bonchev–Trinajstić information content (AvgIpc) is 2.94. The van der Waals surface area contributed by atoms with Crippen molar-refractivity contribution in [2.75, 3.05) is 13.1 Å². The Labute approximate surface area is 121 Å².